The zero-order valence-electron chi connectivity index (χ0n) is 27.1. The molecule has 2 N–H and O–H groups in total. The Labute approximate surface area is 295 Å². The van der Waals surface area contributed by atoms with Crippen LogP contribution in [-0.2, 0) is 19.1 Å². The Kier molecular flexibility index (Phi) is 8.26. The van der Waals surface area contributed by atoms with Gasteiger partial charge < -0.3 is 24.5 Å². The van der Waals surface area contributed by atoms with Crippen LogP contribution in [0.5, 0.6) is 11.5 Å². The number of H-pyrrole nitrogens is 1. The molecule has 3 fully saturated rings. The fraction of sp³-hybridized carbons (Fsp3) is 0.324. The minimum atomic E-state index is -0.480. The number of hydrogen-bond donors (Lipinski definition) is 2. The summed E-state index contributed by atoms with van der Waals surface area (Å²) >= 11 is 2.79. The van der Waals surface area contributed by atoms with Crippen LogP contribution in [-0.4, -0.2) is 54.2 Å². The van der Waals surface area contributed by atoms with Crippen LogP contribution in [0, 0.1) is 29.6 Å². The summed E-state index contributed by atoms with van der Waals surface area (Å²) in [5.41, 5.74) is 2.36. The van der Waals surface area contributed by atoms with Gasteiger partial charge in [0, 0.05) is 21.7 Å². The van der Waals surface area contributed by atoms with E-state index in [0.717, 1.165) is 21.9 Å². The van der Waals surface area contributed by atoms with Crippen molar-refractivity contribution in [3.8, 4) is 11.5 Å². The minimum absolute atomic E-state index is 0.00972. The van der Waals surface area contributed by atoms with E-state index in [1.165, 1.54) is 23.3 Å². The summed E-state index contributed by atoms with van der Waals surface area (Å²) in [6.45, 7) is 1.76. The molecule has 8 rings (SSSR count). The van der Waals surface area contributed by atoms with E-state index >= 15 is 0 Å². The maximum absolute atomic E-state index is 14.1. The number of carbonyl (C=O) groups is 4. The van der Waals surface area contributed by atoms with Crippen LogP contribution in [0.2, 0.25) is 0 Å². The number of benzene rings is 3. The summed E-state index contributed by atoms with van der Waals surface area (Å²) in [7, 11) is 1.54. The molecule has 1 aromatic heterocycles. The summed E-state index contributed by atoms with van der Waals surface area (Å²) in [5.74, 6) is -1.66. The van der Waals surface area contributed by atoms with Crippen LogP contribution in [0.3, 0.4) is 0 Å². The zero-order valence-corrected chi connectivity index (χ0v) is 28.8. The third-order valence-corrected chi connectivity index (χ3v) is 12.9. The molecule has 7 atom stereocenters. The van der Waals surface area contributed by atoms with Crippen LogP contribution in [0.15, 0.2) is 82.6 Å². The number of ether oxygens (including phenoxy) is 3. The Balaban J connectivity index is 1.08. The van der Waals surface area contributed by atoms with Gasteiger partial charge in [0.25, 0.3) is 5.91 Å². The standard InChI is InChI=1S/C37H33N3O8S2/c1-3-47-36(44)18-9-12-21(13-10-18)40-34(42)29-22-16-23(30(29)35(40)43)31-28(22)27(32-33(49-31)39-37(45)50-32)19-11-14-24(25(15-19)46-2)48-17-26(41)38-20-7-5-4-6-8-20/h4-15,22-23,27-31H,3,16-17H2,1-2H3,(H,38,41)(H,39,45)/t22-,23-,27+,28-,29+,30+,31-/m1/s1. The summed E-state index contributed by atoms with van der Waals surface area (Å²) in [6, 6.07) is 21.1. The van der Waals surface area contributed by atoms with Gasteiger partial charge in [0.05, 0.1) is 41.8 Å². The normalized spacial score (nSPS) is 25.9. The number of amides is 3. The number of esters is 1. The second-order valence-corrected chi connectivity index (χ2v) is 15.1. The number of methoxy groups -OCH3 is 1. The van der Waals surface area contributed by atoms with Gasteiger partial charge in [-0.3, -0.25) is 24.1 Å². The first-order chi connectivity index (χ1) is 24.3. The minimum Gasteiger partial charge on any atom is -0.493 e. The lowest BCUT2D eigenvalue weighted by Crippen LogP contribution is -2.42. The van der Waals surface area contributed by atoms with E-state index in [1.54, 1.807) is 61.2 Å². The van der Waals surface area contributed by atoms with E-state index in [9.17, 15) is 24.0 Å². The molecule has 3 aromatic carbocycles. The first-order valence-electron chi connectivity index (χ1n) is 16.5. The fourth-order valence-electron chi connectivity index (χ4n) is 8.46. The Bertz CT molecular complexity index is 2060. The number of anilines is 2. The maximum Gasteiger partial charge on any atom is 0.338 e. The van der Waals surface area contributed by atoms with Gasteiger partial charge in [-0.1, -0.05) is 35.6 Å². The van der Waals surface area contributed by atoms with E-state index < -0.39 is 17.8 Å². The summed E-state index contributed by atoms with van der Waals surface area (Å²) in [4.78, 5) is 70.7. The molecule has 2 aliphatic carbocycles. The van der Waals surface area contributed by atoms with E-state index in [4.69, 9.17) is 14.2 Å². The van der Waals surface area contributed by atoms with Crippen LogP contribution in [0.1, 0.15) is 40.1 Å². The second kappa shape index (κ2) is 12.8. The lowest BCUT2D eigenvalue weighted by molar-refractivity contribution is -0.123. The van der Waals surface area contributed by atoms with Gasteiger partial charge in [0.1, 0.15) is 0 Å². The number of aromatic nitrogens is 1. The van der Waals surface area contributed by atoms with Gasteiger partial charge in [-0.25, -0.2) is 4.79 Å². The van der Waals surface area contributed by atoms with Crippen LogP contribution in [0.25, 0.3) is 0 Å². The predicted octanol–water partition coefficient (Wildman–Crippen LogP) is 5.32. The zero-order chi connectivity index (χ0) is 34.7. The molecular weight excluding hydrogens is 679 g/mol. The van der Waals surface area contributed by atoms with Gasteiger partial charge in [-0.15, -0.1) is 11.8 Å². The van der Waals surface area contributed by atoms with Crippen LogP contribution in [0.4, 0.5) is 11.4 Å². The van der Waals surface area contributed by atoms with E-state index in [2.05, 4.69) is 10.3 Å². The molecule has 2 aliphatic heterocycles. The van der Waals surface area contributed by atoms with E-state index in [-0.39, 0.29) is 64.7 Å². The van der Waals surface area contributed by atoms with Crippen molar-refractivity contribution in [2.45, 2.75) is 29.5 Å². The molecule has 13 heteroatoms. The topological polar surface area (TPSA) is 144 Å². The first-order valence-corrected chi connectivity index (χ1v) is 18.2. The highest BCUT2D eigenvalue weighted by Gasteiger charge is 2.69. The molecule has 4 aromatic rings. The number of para-hydroxylation sites is 1. The summed E-state index contributed by atoms with van der Waals surface area (Å²) in [6.07, 6.45) is 0.745. The molecule has 2 bridgehead atoms. The third kappa shape index (κ3) is 5.30. The monoisotopic (exact) mass is 711 g/mol. The highest BCUT2D eigenvalue weighted by Crippen LogP contribution is 2.68. The van der Waals surface area contributed by atoms with Crippen molar-refractivity contribution < 1.29 is 33.4 Å². The largest absolute Gasteiger partial charge is 0.493 e. The summed E-state index contributed by atoms with van der Waals surface area (Å²) < 4.78 is 16.7. The molecule has 0 spiro atoms. The molecule has 256 valence electrons. The Morgan fingerprint density at radius 3 is 2.40 bits per heavy atom. The molecule has 0 radical (unpaired) electrons. The number of fused-ring (bicyclic) bond motifs is 9. The third-order valence-electron chi connectivity index (χ3n) is 10.3. The number of nitrogens with zero attached hydrogens (tertiary/aromatic N) is 1. The Morgan fingerprint density at radius 2 is 1.68 bits per heavy atom. The molecule has 3 heterocycles. The van der Waals surface area contributed by atoms with Crippen LogP contribution >= 0.6 is 23.1 Å². The first kappa shape index (κ1) is 32.3. The van der Waals surface area contributed by atoms with Crippen molar-refractivity contribution in [3.63, 3.8) is 0 Å². The number of carbonyl (C=O) groups excluding carboxylic acids is 4. The molecule has 2 saturated carbocycles. The van der Waals surface area contributed by atoms with E-state index in [0.29, 0.717) is 28.4 Å². The number of nitrogens with one attached hydrogen (secondary N) is 2. The lowest BCUT2D eigenvalue weighted by atomic mass is 9.68. The van der Waals surface area contributed by atoms with Crippen molar-refractivity contribution >= 4 is 58.2 Å². The van der Waals surface area contributed by atoms with Crippen molar-refractivity contribution in [2.24, 2.45) is 29.6 Å². The molecular formula is C37H33N3O8S2. The Morgan fingerprint density at radius 1 is 0.940 bits per heavy atom. The van der Waals surface area contributed by atoms with Gasteiger partial charge in [0.15, 0.2) is 18.1 Å². The number of thiazole rings is 1. The molecule has 1 saturated heterocycles. The SMILES string of the molecule is CCOC(=O)c1ccc(N2C(=O)[C@H]3[C@H]4C[C@@H]([C@@H]3C2=O)[C@@H]2[C@H](c3ccc(OCC(=O)Nc5ccccc5)c(OC)c3)c3sc(=O)[nH]c3S[C@H]42)cc1. The quantitative estimate of drug-likeness (QED) is 0.174. The van der Waals surface area contributed by atoms with Gasteiger partial charge in [-0.2, -0.15) is 0 Å². The molecule has 3 amide bonds. The average Bonchev–Trinajstić information content (AvgIpc) is 3.86. The van der Waals surface area contributed by atoms with Gasteiger partial charge >= 0.3 is 10.8 Å². The van der Waals surface area contributed by atoms with Crippen molar-refractivity contribution in [1.29, 1.82) is 0 Å². The predicted molar refractivity (Wildman–Crippen MR) is 187 cm³/mol. The average molecular weight is 712 g/mol. The van der Waals surface area contributed by atoms with Crippen molar-refractivity contribution in [2.75, 3.05) is 30.5 Å². The maximum atomic E-state index is 14.1. The van der Waals surface area contributed by atoms with Gasteiger partial charge in [-0.05, 0) is 85.2 Å². The summed E-state index contributed by atoms with van der Waals surface area (Å²) in [5, 5.41) is 3.62. The number of imide groups is 1. The van der Waals surface area contributed by atoms with E-state index in [1.807, 2.05) is 30.3 Å². The number of hydrogen-bond acceptors (Lipinski definition) is 10. The number of rotatable bonds is 9. The smallest absolute Gasteiger partial charge is 0.338 e. The molecule has 50 heavy (non-hydrogen) atoms. The van der Waals surface area contributed by atoms with Gasteiger partial charge in [0.2, 0.25) is 11.8 Å². The highest BCUT2D eigenvalue weighted by atomic mass is 32.2. The number of aromatic amines is 1. The molecule has 11 nitrogen and oxygen atoms in total. The molecule has 0 unspecified atom stereocenters. The van der Waals surface area contributed by atoms with Crippen molar-refractivity contribution in [3.05, 3.63) is 98.5 Å². The fourth-order valence-corrected chi connectivity index (χ4v) is 11.4. The Hall–Kier alpha value is -4.88. The second-order valence-electron chi connectivity index (χ2n) is 12.9. The lowest BCUT2D eigenvalue weighted by Gasteiger charge is -2.43. The van der Waals surface area contributed by atoms with Crippen molar-refractivity contribution in [1.82, 2.24) is 4.98 Å². The molecule has 4 aliphatic rings. The highest BCUT2D eigenvalue weighted by molar-refractivity contribution is 8.00. The number of thioether (sulfide) groups is 1. The van der Waals surface area contributed by atoms with Crippen LogP contribution < -0.4 is 24.6 Å².